The van der Waals surface area contributed by atoms with Crippen molar-refractivity contribution in [2.75, 3.05) is 11.9 Å². The molecule has 0 aromatic heterocycles. The first-order valence-corrected chi connectivity index (χ1v) is 6.89. The first-order chi connectivity index (χ1) is 9.60. The second-order valence-electron chi connectivity index (χ2n) is 5.27. The summed E-state index contributed by atoms with van der Waals surface area (Å²) in [5.74, 6) is -1.25. The van der Waals surface area contributed by atoms with Crippen LogP contribution in [0.25, 0.3) is 0 Å². The van der Waals surface area contributed by atoms with Crippen molar-refractivity contribution in [3.63, 3.8) is 0 Å². The molecule has 2 rings (SSSR count). The van der Waals surface area contributed by atoms with Gasteiger partial charge in [0.05, 0.1) is 0 Å². The molecule has 0 radical (unpaired) electrons. The van der Waals surface area contributed by atoms with Crippen molar-refractivity contribution in [2.45, 2.75) is 32.2 Å². The monoisotopic (exact) mass is 276 g/mol. The van der Waals surface area contributed by atoms with Crippen LogP contribution in [0, 0.1) is 12.8 Å². The van der Waals surface area contributed by atoms with Crippen molar-refractivity contribution >= 4 is 17.5 Å². The van der Waals surface area contributed by atoms with Gasteiger partial charge in [0.25, 0.3) is 0 Å². The number of hydrogen-bond acceptors (Lipinski definition) is 3. The number of amides is 2. The Bertz CT molecular complexity index is 484. The number of aliphatic hydroxyl groups is 1. The molecule has 1 saturated carbocycles. The van der Waals surface area contributed by atoms with Gasteiger partial charge in [-0.25, -0.2) is 0 Å². The molecule has 1 fully saturated rings. The van der Waals surface area contributed by atoms with Crippen molar-refractivity contribution in [2.24, 2.45) is 5.92 Å². The lowest BCUT2D eigenvalue weighted by Crippen LogP contribution is -2.44. The van der Waals surface area contributed by atoms with Crippen LogP contribution in [0.2, 0.25) is 0 Å². The Hall–Kier alpha value is -1.88. The molecule has 3 N–H and O–H groups in total. The molecule has 20 heavy (non-hydrogen) atoms. The molecule has 0 spiro atoms. The van der Waals surface area contributed by atoms with E-state index in [1.807, 2.05) is 19.1 Å². The Balaban J connectivity index is 1.89. The zero-order valence-electron chi connectivity index (χ0n) is 11.6. The summed E-state index contributed by atoms with van der Waals surface area (Å²) in [6.45, 7) is 2.00. The van der Waals surface area contributed by atoms with Gasteiger partial charge in [0.1, 0.15) is 0 Å². The summed E-state index contributed by atoms with van der Waals surface area (Å²) in [5.41, 5.74) is 1.69. The maximum absolute atomic E-state index is 11.8. The number of carbonyl (C=O) groups is 2. The molecule has 0 bridgehead atoms. The smallest absolute Gasteiger partial charge is 0.313 e. The van der Waals surface area contributed by atoms with E-state index in [0.717, 1.165) is 24.8 Å². The molecule has 1 aliphatic rings. The zero-order valence-corrected chi connectivity index (χ0v) is 11.6. The average Bonchev–Trinajstić information content (AvgIpc) is 2.88. The third kappa shape index (κ3) is 3.57. The summed E-state index contributed by atoms with van der Waals surface area (Å²) in [7, 11) is 0. The van der Waals surface area contributed by atoms with E-state index in [2.05, 4.69) is 10.6 Å². The minimum Gasteiger partial charge on any atom is -0.396 e. The lowest BCUT2D eigenvalue weighted by Gasteiger charge is -2.18. The number of rotatable bonds is 3. The molecule has 2 atom stereocenters. The van der Waals surface area contributed by atoms with E-state index < -0.39 is 11.8 Å². The highest BCUT2D eigenvalue weighted by Gasteiger charge is 2.29. The van der Waals surface area contributed by atoms with Crippen LogP contribution in [0.3, 0.4) is 0 Å². The summed E-state index contributed by atoms with van der Waals surface area (Å²) in [6.07, 6.45) is 2.67. The van der Waals surface area contributed by atoms with Gasteiger partial charge in [-0.2, -0.15) is 0 Å². The molecule has 2 amide bonds. The number of hydrogen-bond donors (Lipinski definition) is 3. The second-order valence-corrected chi connectivity index (χ2v) is 5.27. The highest BCUT2D eigenvalue weighted by molar-refractivity contribution is 6.39. The van der Waals surface area contributed by atoms with Crippen molar-refractivity contribution in [3.8, 4) is 0 Å². The number of nitrogens with one attached hydrogen (secondary N) is 2. The van der Waals surface area contributed by atoms with E-state index in [4.69, 9.17) is 0 Å². The Morgan fingerprint density at radius 3 is 2.55 bits per heavy atom. The van der Waals surface area contributed by atoms with Crippen LogP contribution in [0.4, 0.5) is 5.69 Å². The Labute approximate surface area is 118 Å². The molecule has 1 aliphatic carbocycles. The number of aryl methyl sites for hydroxylation is 1. The van der Waals surface area contributed by atoms with Crippen LogP contribution in [0.1, 0.15) is 24.8 Å². The molecule has 5 nitrogen and oxygen atoms in total. The van der Waals surface area contributed by atoms with Crippen LogP contribution < -0.4 is 10.6 Å². The molecule has 1 aromatic carbocycles. The van der Waals surface area contributed by atoms with Gasteiger partial charge in [-0.3, -0.25) is 9.59 Å². The fraction of sp³-hybridized carbons (Fsp3) is 0.467. The average molecular weight is 276 g/mol. The number of benzene rings is 1. The first kappa shape index (κ1) is 14.5. The molecule has 0 saturated heterocycles. The van der Waals surface area contributed by atoms with Gasteiger partial charge in [0.2, 0.25) is 0 Å². The van der Waals surface area contributed by atoms with Gasteiger partial charge in [0.15, 0.2) is 0 Å². The molecule has 5 heteroatoms. The van der Waals surface area contributed by atoms with E-state index in [1.165, 1.54) is 0 Å². The normalized spacial score (nSPS) is 21.5. The van der Waals surface area contributed by atoms with Gasteiger partial charge in [-0.15, -0.1) is 0 Å². The molecule has 0 aliphatic heterocycles. The van der Waals surface area contributed by atoms with Crippen molar-refractivity contribution in [1.82, 2.24) is 5.32 Å². The largest absolute Gasteiger partial charge is 0.396 e. The van der Waals surface area contributed by atoms with Gasteiger partial charge in [0, 0.05) is 24.3 Å². The summed E-state index contributed by atoms with van der Waals surface area (Å²) >= 11 is 0. The SMILES string of the molecule is Cc1ccc(NC(=O)C(=O)NC2CCCC2CO)cc1. The lowest BCUT2D eigenvalue weighted by molar-refractivity contribution is -0.136. The predicted molar refractivity (Wildman–Crippen MR) is 76.2 cm³/mol. The third-order valence-electron chi connectivity index (χ3n) is 3.73. The van der Waals surface area contributed by atoms with Crippen molar-refractivity contribution in [3.05, 3.63) is 29.8 Å². The van der Waals surface area contributed by atoms with Crippen molar-refractivity contribution < 1.29 is 14.7 Å². The predicted octanol–water partition coefficient (Wildman–Crippen LogP) is 1.21. The molecule has 1 aromatic rings. The Morgan fingerprint density at radius 2 is 1.90 bits per heavy atom. The Kier molecular flexibility index (Phi) is 4.74. The number of anilines is 1. The third-order valence-corrected chi connectivity index (χ3v) is 3.73. The molecule has 0 heterocycles. The van der Waals surface area contributed by atoms with Crippen LogP contribution in [-0.4, -0.2) is 29.6 Å². The Morgan fingerprint density at radius 1 is 1.20 bits per heavy atom. The van der Waals surface area contributed by atoms with Crippen LogP contribution in [0.5, 0.6) is 0 Å². The number of carbonyl (C=O) groups excluding carboxylic acids is 2. The highest BCUT2D eigenvalue weighted by Crippen LogP contribution is 2.24. The summed E-state index contributed by atoms with van der Waals surface area (Å²) in [4.78, 5) is 23.6. The first-order valence-electron chi connectivity index (χ1n) is 6.89. The molecule has 2 unspecified atom stereocenters. The van der Waals surface area contributed by atoms with E-state index in [9.17, 15) is 14.7 Å². The minimum absolute atomic E-state index is 0.0462. The maximum Gasteiger partial charge on any atom is 0.313 e. The zero-order chi connectivity index (χ0) is 14.5. The summed E-state index contributed by atoms with van der Waals surface area (Å²) < 4.78 is 0. The standard InChI is InChI=1S/C15H20N2O3/c1-10-5-7-12(8-6-10)16-14(19)15(20)17-13-4-2-3-11(13)9-18/h5-8,11,13,18H,2-4,9H2,1H3,(H,16,19)(H,17,20). The molecule has 108 valence electrons. The van der Waals surface area contributed by atoms with Gasteiger partial charge in [-0.05, 0) is 31.9 Å². The molecular formula is C15H20N2O3. The summed E-state index contributed by atoms with van der Waals surface area (Å²) in [5, 5.41) is 14.5. The minimum atomic E-state index is -0.669. The van der Waals surface area contributed by atoms with Crippen LogP contribution >= 0.6 is 0 Å². The number of aliphatic hydroxyl groups excluding tert-OH is 1. The van der Waals surface area contributed by atoms with E-state index in [0.29, 0.717) is 5.69 Å². The van der Waals surface area contributed by atoms with Crippen LogP contribution in [0.15, 0.2) is 24.3 Å². The fourth-order valence-corrected chi connectivity index (χ4v) is 2.50. The van der Waals surface area contributed by atoms with Gasteiger partial charge < -0.3 is 15.7 Å². The van der Waals surface area contributed by atoms with Crippen LogP contribution in [-0.2, 0) is 9.59 Å². The second kappa shape index (κ2) is 6.52. The van der Waals surface area contributed by atoms with Gasteiger partial charge >= 0.3 is 11.8 Å². The maximum atomic E-state index is 11.8. The van der Waals surface area contributed by atoms with E-state index in [-0.39, 0.29) is 18.6 Å². The summed E-state index contributed by atoms with van der Waals surface area (Å²) in [6, 6.07) is 7.15. The molecular weight excluding hydrogens is 256 g/mol. The van der Waals surface area contributed by atoms with E-state index >= 15 is 0 Å². The quantitative estimate of drug-likeness (QED) is 0.726. The topological polar surface area (TPSA) is 78.4 Å². The van der Waals surface area contributed by atoms with Gasteiger partial charge in [-0.1, -0.05) is 24.1 Å². The van der Waals surface area contributed by atoms with Crippen molar-refractivity contribution in [1.29, 1.82) is 0 Å². The lowest BCUT2D eigenvalue weighted by atomic mass is 10.1. The highest BCUT2D eigenvalue weighted by atomic mass is 16.3. The van der Waals surface area contributed by atoms with E-state index in [1.54, 1.807) is 12.1 Å². The fourth-order valence-electron chi connectivity index (χ4n) is 2.50.